The smallest absolute Gasteiger partial charge is 0.340 e. The molecule has 0 aromatic heterocycles. The van der Waals surface area contributed by atoms with E-state index in [0.717, 1.165) is 5.56 Å². The van der Waals surface area contributed by atoms with Crippen molar-refractivity contribution in [2.24, 2.45) is 0 Å². The molecule has 1 aromatic carbocycles. The monoisotopic (exact) mass is 285 g/mol. The number of esters is 1. The summed E-state index contributed by atoms with van der Waals surface area (Å²) in [6, 6.07) is 5.16. The lowest BCUT2D eigenvalue weighted by Gasteiger charge is -2.09. The molecule has 0 saturated heterocycles. The topological polar surface area (TPSA) is 86.5 Å². The Labute approximate surface area is 113 Å². The van der Waals surface area contributed by atoms with E-state index < -0.39 is 15.8 Å². The van der Waals surface area contributed by atoms with Gasteiger partial charge in [-0.05, 0) is 25.0 Å². The van der Waals surface area contributed by atoms with E-state index in [0.29, 0.717) is 17.7 Å². The summed E-state index contributed by atoms with van der Waals surface area (Å²) in [6.45, 7) is 3.44. The van der Waals surface area contributed by atoms with Crippen LogP contribution in [0.4, 0.5) is 5.69 Å². The number of nitrogens with two attached hydrogens (primary N) is 1. The summed E-state index contributed by atoms with van der Waals surface area (Å²) >= 11 is 0. The minimum atomic E-state index is -3.01. The second-order valence-corrected chi connectivity index (χ2v) is 6.74. The maximum absolute atomic E-state index is 11.8. The molecule has 19 heavy (non-hydrogen) atoms. The number of ether oxygens (including phenoxy) is 1. The summed E-state index contributed by atoms with van der Waals surface area (Å²) in [5, 5.41) is 0. The molecule has 0 aliphatic heterocycles. The van der Waals surface area contributed by atoms with Crippen LogP contribution in [0.25, 0.3) is 0 Å². The molecule has 0 bridgehead atoms. The minimum Gasteiger partial charge on any atom is -0.462 e. The molecule has 0 heterocycles. The number of hydrogen-bond donors (Lipinski definition) is 1. The Balaban J connectivity index is 2.53. The first-order valence-electron chi connectivity index (χ1n) is 6.10. The second-order valence-electron chi connectivity index (χ2n) is 4.26. The lowest BCUT2D eigenvalue weighted by molar-refractivity contribution is 0.0506. The molecule has 1 aromatic rings. The molecule has 2 N–H and O–H groups in total. The van der Waals surface area contributed by atoms with Crippen molar-refractivity contribution in [2.75, 3.05) is 23.8 Å². The normalized spacial score (nSPS) is 11.3. The molecular weight excluding hydrogens is 266 g/mol. The molecule has 106 valence electrons. The number of nitrogen functional groups attached to an aromatic ring is 1. The van der Waals surface area contributed by atoms with Gasteiger partial charge in [-0.25, -0.2) is 13.2 Å². The van der Waals surface area contributed by atoms with Gasteiger partial charge in [0.1, 0.15) is 9.84 Å². The fourth-order valence-corrected chi connectivity index (χ4v) is 2.48. The van der Waals surface area contributed by atoms with Gasteiger partial charge >= 0.3 is 5.97 Å². The maximum Gasteiger partial charge on any atom is 0.340 e. The lowest BCUT2D eigenvalue weighted by Crippen LogP contribution is -2.14. The number of anilines is 1. The fraction of sp³-hybridized carbons (Fsp3) is 0.462. The highest BCUT2D eigenvalue weighted by Gasteiger charge is 2.14. The zero-order valence-corrected chi connectivity index (χ0v) is 12.0. The van der Waals surface area contributed by atoms with E-state index in [1.807, 2.05) is 0 Å². The molecule has 0 atom stereocenters. The predicted molar refractivity (Wildman–Crippen MR) is 74.8 cm³/mol. The molecule has 0 aliphatic rings. The number of carbonyl (C=O) groups excluding carboxylic acids is 1. The Morgan fingerprint density at radius 2 is 2.05 bits per heavy atom. The first-order chi connectivity index (χ1) is 8.87. The molecule has 6 heteroatoms. The van der Waals surface area contributed by atoms with Crippen LogP contribution in [-0.4, -0.2) is 32.5 Å². The van der Waals surface area contributed by atoms with E-state index in [-0.39, 0.29) is 18.1 Å². The van der Waals surface area contributed by atoms with Crippen molar-refractivity contribution in [1.82, 2.24) is 0 Å². The predicted octanol–water partition coefficient (Wildman–Crippen LogP) is 1.56. The molecule has 1 rings (SSSR count). The molecule has 0 fully saturated rings. The van der Waals surface area contributed by atoms with Crippen molar-refractivity contribution in [2.45, 2.75) is 20.3 Å². The van der Waals surface area contributed by atoms with E-state index in [1.54, 1.807) is 32.0 Å². The average Bonchev–Trinajstić information content (AvgIpc) is 2.34. The second kappa shape index (κ2) is 6.56. The quantitative estimate of drug-likeness (QED) is 0.487. The van der Waals surface area contributed by atoms with Crippen LogP contribution in [0.5, 0.6) is 0 Å². The van der Waals surface area contributed by atoms with Crippen LogP contribution >= 0.6 is 0 Å². The Kier molecular flexibility index (Phi) is 5.35. The van der Waals surface area contributed by atoms with Gasteiger partial charge in [0.25, 0.3) is 0 Å². The number of rotatable bonds is 6. The third-order valence-electron chi connectivity index (χ3n) is 2.78. The van der Waals surface area contributed by atoms with Gasteiger partial charge in [0.15, 0.2) is 0 Å². The summed E-state index contributed by atoms with van der Waals surface area (Å²) in [5.74, 6) is -0.379. The van der Waals surface area contributed by atoms with E-state index in [1.165, 1.54) is 0 Å². The standard InChI is InChI=1S/C13H19NO4S/c1-3-19(16,17)9-5-8-18-13(15)12-10(2)6-4-7-11(12)14/h4,6-7H,3,5,8-9,14H2,1-2H3. The van der Waals surface area contributed by atoms with Crippen molar-refractivity contribution < 1.29 is 17.9 Å². The van der Waals surface area contributed by atoms with Crippen molar-refractivity contribution >= 4 is 21.5 Å². The van der Waals surface area contributed by atoms with Crippen LogP contribution in [0.15, 0.2) is 18.2 Å². The van der Waals surface area contributed by atoms with Crippen molar-refractivity contribution in [1.29, 1.82) is 0 Å². The van der Waals surface area contributed by atoms with E-state index in [2.05, 4.69) is 0 Å². The fourth-order valence-electron chi connectivity index (χ4n) is 1.63. The molecular formula is C13H19NO4S. The van der Waals surface area contributed by atoms with Crippen molar-refractivity contribution in [3.05, 3.63) is 29.3 Å². The van der Waals surface area contributed by atoms with Gasteiger partial charge in [0.2, 0.25) is 0 Å². The molecule has 0 saturated carbocycles. The molecule has 0 radical (unpaired) electrons. The summed E-state index contributed by atoms with van der Waals surface area (Å²) < 4.78 is 27.6. The Morgan fingerprint density at radius 3 is 2.63 bits per heavy atom. The number of carbonyl (C=O) groups is 1. The van der Waals surface area contributed by atoms with E-state index in [4.69, 9.17) is 10.5 Å². The average molecular weight is 285 g/mol. The van der Waals surface area contributed by atoms with Gasteiger partial charge < -0.3 is 10.5 Å². The zero-order valence-electron chi connectivity index (χ0n) is 11.2. The Bertz CT molecular complexity index is 532. The molecule has 0 aliphatic carbocycles. The first kappa shape index (κ1) is 15.5. The summed E-state index contributed by atoms with van der Waals surface area (Å²) in [7, 11) is -3.01. The molecule has 0 unspecified atom stereocenters. The third-order valence-corrected chi connectivity index (χ3v) is 4.57. The SMILES string of the molecule is CCS(=O)(=O)CCCOC(=O)c1c(C)cccc1N. The maximum atomic E-state index is 11.8. The zero-order chi connectivity index (χ0) is 14.5. The van der Waals surface area contributed by atoms with Crippen molar-refractivity contribution in [3.8, 4) is 0 Å². The summed E-state index contributed by atoms with van der Waals surface area (Å²) in [5.41, 5.74) is 7.18. The number of aryl methyl sites for hydroxylation is 1. The highest BCUT2D eigenvalue weighted by Crippen LogP contribution is 2.17. The van der Waals surface area contributed by atoms with Gasteiger partial charge in [-0.15, -0.1) is 0 Å². The van der Waals surface area contributed by atoms with Crippen LogP contribution < -0.4 is 5.73 Å². The van der Waals surface area contributed by atoms with Gasteiger partial charge in [-0.1, -0.05) is 19.1 Å². The molecule has 0 spiro atoms. The van der Waals surface area contributed by atoms with Gasteiger partial charge in [0, 0.05) is 11.4 Å². The Morgan fingerprint density at radius 1 is 1.37 bits per heavy atom. The van der Waals surface area contributed by atoms with E-state index >= 15 is 0 Å². The minimum absolute atomic E-state index is 0.0278. The van der Waals surface area contributed by atoms with Gasteiger partial charge in [0.05, 0.1) is 17.9 Å². The molecule has 5 nitrogen and oxygen atoms in total. The largest absolute Gasteiger partial charge is 0.462 e. The third kappa shape index (κ3) is 4.55. The number of sulfone groups is 1. The lowest BCUT2D eigenvalue weighted by atomic mass is 10.1. The van der Waals surface area contributed by atoms with Gasteiger partial charge in [-0.3, -0.25) is 0 Å². The first-order valence-corrected chi connectivity index (χ1v) is 7.92. The van der Waals surface area contributed by atoms with Crippen LogP contribution in [-0.2, 0) is 14.6 Å². The van der Waals surface area contributed by atoms with Gasteiger partial charge in [-0.2, -0.15) is 0 Å². The van der Waals surface area contributed by atoms with Crippen LogP contribution in [0.1, 0.15) is 29.3 Å². The highest BCUT2D eigenvalue weighted by atomic mass is 32.2. The van der Waals surface area contributed by atoms with Crippen LogP contribution in [0, 0.1) is 6.92 Å². The van der Waals surface area contributed by atoms with E-state index in [9.17, 15) is 13.2 Å². The highest BCUT2D eigenvalue weighted by molar-refractivity contribution is 7.91. The number of hydrogen-bond acceptors (Lipinski definition) is 5. The van der Waals surface area contributed by atoms with Crippen molar-refractivity contribution in [3.63, 3.8) is 0 Å². The van der Waals surface area contributed by atoms with Crippen LogP contribution in [0.2, 0.25) is 0 Å². The van der Waals surface area contributed by atoms with Crippen LogP contribution in [0.3, 0.4) is 0 Å². The number of benzene rings is 1. The summed E-state index contributed by atoms with van der Waals surface area (Å²) in [6.07, 6.45) is 0.299. The summed E-state index contributed by atoms with van der Waals surface area (Å²) in [4.78, 5) is 11.8. The Hall–Kier alpha value is -1.56. The molecule has 0 amide bonds.